The lowest BCUT2D eigenvalue weighted by molar-refractivity contribution is -0.148. The average Bonchev–Trinajstić information content (AvgIpc) is 2.82. The Bertz CT molecular complexity index is 965. The fraction of sp³-hybridized carbons (Fsp3) is 0.480. The Hall–Kier alpha value is -2.07. The molecule has 192 valence electrons. The summed E-state index contributed by atoms with van der Waals surface area (Å²) in [7, 11) is 3.84. The number of nitrogens with zero attached hydrogens (tertiary/aromatic N) is 1. The highest BCUT2D eigenvalue weighted by molar-refractivity contribution is 7.98. The molecule has 6 nitrogen and oxygen atoms in total. The summed E-state index contributed by atoms with van der Waals surface area (Å²) in [5.41, 5.74) is -0.888. The quantitative estimate of drug-likeness (QED) is 0.390. The van der Waals surface area contributed by atoms with Crippen LogP contribution in [0, 0.1) is 11.6 Å². The van der Waals surface area contributed by atoms with Gasteiger partial charge in [0.15, 0.2) is 11.6 Å². The number of hydrogen-bond donors (Lipinski definition) is 1. The molecule has 0 radical (unpaired) electrons. The number of hydrogen-bond acceptors (Lipinski definition) is 6. The van der Waals surface area contributed by atoms with Crippen LogP contribution in [0.2, 0.25) is 5.02 Å². The Balaban J connectivity index is 1.64. The summed E-state index contributed by atoms with van der Waals surface area (Å²) < 4.78 is 48.1. The van der Waals surface area contributed by atoms with E-state index in [-0.39, 0.29) is 29.1 Å². The Morgan fingerprint density at radius 1 is 1.26 bits per heavy atom. The van der Waals surface area contributed by atoms with Crippen LogP contribution >= 0.6 is 23.5 Å². The van der Waals surface area contributed by atoms with Crippen LogP contribution in [0.3, 0.4) is 0 Å². The number of carbonyl (C=O) groups excluding carboxylic acids is 1. The number of nitrogens with one attached hydrogen (secondary N) is 1. The fourth-order valence-corrected chi connectivity index (χ4v) is 4.58. The van der Waals surface area contributed by atoms with Gasteiger partial charge in [0.2, 0.25) is 0 Å². The first-order valence-corrected chi connectivity index (χ1v) is 12.7. The SMILES string of the molecule is CN(C)CCC(COc1ccc(F)cc1)Oc1c(F)cc(SNC(=O)C2(C)CCCCO2)cc1Cl. The van der Waals surface area contributed by atoms with Gasteiger partial charge < -0.3 is 19.1 Å². The highest BCUT2D eigenvalue weighted by Gasteiger charge is 2.36. The first-order valence-electron chi connectivity index (χ1n) is 11.5. The molecule has 1 N–H and O–H groups in total. The summed E-state index contributed by atoms with van der Waals surface area (Å²) in [5, 5.41) is 0.0820. The van der Waals surface area contributed by atoms with E-state index in [0.717, 1.165) is 24.8 Å². The molecule has 1 saturated heterocycles. The summed E-state index contributed by atoms with van der Waals surface area (Å²) in [4.78, 5) is 15.0. The van der Waals surface area contributed by atoms with Crippen LogP contribution in [0.25, 0.3) is 0 Å². The molecule has 1 aliphatic heterocycles. The minimum Gasteiger partial charge on any atom is -0.490 e. The van der Waals surface area contributed by atoms with Crippen molar-refractivity contribution < 1.29 is 27.8 Å². The van der Waals surface area contributed by atoms with Crippen molar-refractivity contribution >= 4 is 29.5 Å². The van der Waals surface area contributed by atoms with Crippen molar-refractivity contribution in [3.05, 3.63) is 53.1 Å². The number of benzene rings is 2. The van der Waals surface area contributed by atoms with Crippen LogP contribution in [0.1, 0.15) is 32.6 Å². The Labute approximate surface area is 214 Å². The topological polar surface area (TPSA) is 60.0 Å². The van der Waals surface area contributed by atoms with Crippen molar-refractivity contribution in [3.8, 4) is 11.5 Å². The molecule has 0 aromatic heterocycles. The molecular weight excluding hydrogens is 498 g/mol. The van der Waals surface area contributed by atoms with Crippen molar-refractivity contribution in [2.45, 2.75) is 49.2 Å². The van der Waals surface area contributed by atoms with E-state index in [9.17, 15) is 13.6 Å². The highest BCUT2D eigenvalue weighted by Crippen LogP contribution is 2.34. The molecule has 1 fully saturated rings. The van der Waals surface area contributed by atoms with Crippen LogP contribution in [0.4, 0.5) is 8.78 Å². The molecule has 1 amide bonds. The van der Waals surface area contributed by atoms with Gasteiger partial charge in [-0.2, -0.15) is 0 Å². The molecule has 0 bridgehead atoms. The molecule has 0 aliphatic carbocycles. The van der Waals surface area contributed by atoms with E-state index in [1.165, 1.54) is 30.3 Å². The summed E-state index contributed by atoms with van der Waals surface area (Å²) >= 11 is 7.34. The average molecular weight is 529 g/mol. The lowest BCUT2D eigenvalue weighted by atomic mass is 9.95. The predicted octanol–water partition coefficient (Wildman–Crippen LogP) is 5.48. The van der Waals surface area contributed by atoms with Gasteiger partial charge in [-0.3, -0.25) is 9.52 Å². The molecule has 1 heterocycles. The zero-order valence-electron chi connectivity index (χ0n) is 20.1. The van der Waals surface area contributed by atoms with E-state index in [1.807, 2.05) is 19.0 Å². The van der Waals surface area contributed by atoms with Crippen molar-refractivity contribution in [1.29, 1.82) is 0 Å². The molecule has 2 atom stereocenters. The molecule has 10 heteroatoms. The Kier molecular flexibility index (Phi) is 10.0. The summed E-state index contributed by atoms with van der Waals surface area (Å²) in [6, 6.07) is 8.45. The monoisotopic (exact) mass is 528 g/mol. The molecule has 0 spiro atoms. The van der Waals surface area contributed by atoms with Crippen molar-refractivity contribution in [1.82, 2.24) is 9.62 Å². The molecule has 1 aliphatic rings. The predicted molar refractivity (Wildman–Crippen MR) is 133 cm³/mol. The van der Waals surface area contributed by atoms with Crippen LogP contribution in [-0.4, -0.2) is 56.4 Å². The van der Waals surface area contributed by atoms with Gasteiger partial charge in [0.1, 0.15) is 29.9 Å². The second-order valence-electron chi connectivity index (χ2n) is 8.88. The van der Waals surface area contributed by atoms with E-state index >= 15 is 0 Å². The van der Waals surface area contributed by atoms with E-state index in [2.05, 4.69) is 4.72 Å². The van der Waals surface area contributed by atoms with Gasteiger partial charge in [-0.05, 0) is 88.6 Å². The van der Waals surface area contributed by atoms with E-state index in [0.29, 0.717) is 36.6 Å². The summed E-state index contributed by atoms with van der Waals surface area (Å²) in [5.74, 6) is -0.876. The zero-order chi connectivity index (χ0) is 25.4. The summed E-state index contributed by atoms with van der Waals surface area (Å²) in [6.07, 6.45) is 2.53. The second kappa shape index (κ2) is 12.8. The molecule has 2 aromatic carbocycles. The Morgan fingerprint density at radius 2 is 2.00 bits per heavy atom. The molecule has 2 aromatic rings. The zero-order valence-corrected chi connectivity index (χ0v) is 21.7. The van der Waals surface area contributed by atoms with Gasteiger partial charge in [-0.15, -0.1) is 0 Å². The van der Waals surface area contributed by atoms with Gasteiger partial charge in [0, 0.05) is 24.5 Å². The van der Waals surface area contributed by atoms with E-state index in [4.69, 9.17) is 25.8 Å². The number of rotatable bonds is 11. The highest BCUT2D eigenvalue weighted by atomic mass is 35.5. The molecule has 35 heavy (non-hydrogen) atoms. The lowest BCUT2D eigenvalue weighted by Crippen LogP contribution is -2.46. The maximum absolute atomic E-state index is 15.0. The Morgan fingerprint density at radius 3 is 2.63 bits per heavy atom. The lowest BCUT2D eigenvalue weighted by Gasteiger charge is -2.32. The van der Waals surface area contributed by atoms with E-state index < -0.39 is 17.5 Å². The smallest absolute Gasteiger partial charge is 0.262 e. The first-order chi connectivity index (χ1) is 16.7. The molecule has 3 rings (SSSR count). The van der Waals surface area contributed by atoms with Gasteiger partial charge in [0.25, 0.3) is 5.91 Å². The minimum absolute atomic E-state index is 0.0820. The third-order valence-corrected chi connectivity index (χ3v) is 6.65. The normalized spacial score (nSPS) is 18.8. The number of amides is 1. The number of carbonyl (C=O) groups is 1. The standard InChI is InChI=1S/C25H31ClF2N2O4S/c1-25(11-4-5-13-33-25)24(31)29-35-20-14-21(26)23(22(28)15-20)34-19(10-12-30(2)3)16-32-18-8-6-17(27)7-9-18/h6-9,14-15,19H,4-5,10-13,16H2,1-3H3,(H,29,31). The second-order valence-corrected chi connectivity index (χ2v) is 10.2. The van der Waals surface area contributed by atoms with E-state index in [1.54, 1.807) is 13.0 Å². The third kappa shape index (κ3) is 8.24. The van der Waals surface area contributed by atoms with Gasteiger partial charge in [0.05, 0.1) is 5.02 Å². The minimum atomic E-state index is -0.888. The molecular formula is C25H31ClF2N2O4S. The van der Waals surface area contributed by atoms with Crippen LogP contribution in [0.15, 0.2) is 41.3 Å². The van der Waals surface area contributed by atoms with Gasteiger partial charge in [-0.1, -0.05) is 11.6 Å². The van der Waals surface area contributed by atoms with Crippen molar-refractivity contribution in [2.75, 3.05) is 33.9 Å². The maximum Gasteiger partial charge on any atom is 0.262 e. The number of ether oxygens (including phenoxy) is 3. The maximum atomic E-state index is 15.0. The van der Waals surface area contributed by atoms with Crippen molar-refractivity contribution in [2.24, 2.45) is 0 Å². The summed E-state index contributed by atoms with van der Waals surface area (Å²) in [6.45, 7) is 3.10. The fourth-order valence-electron chi connectivity index (χ4n) is 3.50. The van der Waals surface area contributed by atoms with Crippen LogP contribution < -0.4 is 14.2 Å². The van der Waals surface area contributed by atoms with Gasteiger partial charge >= 0.3 is 0 Å². The molecule has 2 unspecified atom stereocenters. The first kappa shape index (κ1) is 27.5. The van der Waals surface area contributed by atoms with Crippen LogP contribution in [0.5, 0.6) is 11.5 Å². The van der Waals surface area contributed by atoms with Crippen LogP contribution in [-0.2, 0) is 9.53 Å². The third-order valence-electron chi connectivity index (χ3n) is 5.61. The van der Waals surface area contributed by atoms with Gasteiger partial charge in [-0.25, -0.2) is 8.78 Å². The van der Waals surface area contributed by atoms with Crippen molar-refractivity contribution in [3.63, 3.8) is 0 Å². The largest absolute Gasteiger partial charge is 0.490 e. The number of halogens is 3. The molecule has 0 saturated carbocycles.